The van der Waals surface area contributed by atoms with Gasteiger partial charge in [-0.25, -0.2) is 4.79 Å². The van der Waals surface area contributed by atoms with Crippen LogP contribution in [0.2, 0.25) is 0 Å². The van der Waals surface area contributed by atoms with Gasteiger partial charge in [-0.3, -0.25) is 9.59 Å². The van der Waals surface area contributed by atoms with Crippen LogP contribution in [-0.4, -0.2) is 46.9 Å². The van der Waals surface area contributed by atoms with Crippen molar-refractivity contribution in [2.75, 3.05) is 13.2 Å². The molecule has 2 N–H and O–H groups in total. The van der Waals surface area contributed by atoms with Crippen LogP contribution in [-0.2, 0) is 23.9 Å². The van der Waals surface area contributed by atoms with Crippen molar-refractivity contribution in [1.29, 1.82) is 0 Å². The van der Waals surface area contributed by atoms with Crippen molar-refractivity contribution in [2.45, 2.75) is 52.1 Å². The minimum absolute atomic E-state index is 0.0888. The lowest BCUT2D eigenvalue weighted by atomic mass is 9.96. The van der Waals surface area contributed by atoms with Gasteiger partial charge in [0.05, 0.1) is 26.1 Å². The zero-order valence-corrected chi connectivity index (χ0v) is 12.8. The predicted octanol–water partition coefficient (Wildman–Crippen LogP) is 1.12. The number of aliphatic hydroxyl groups is 1. The normalized spacial score (nSPS) is 13.6. The Morgan fingerprint density at radius 2 is 1.62 bits per heavy atom. The minimum atomic E-state index is -2.50. The zero-order valence-electron chi connectivity index (χ0n) is 12.8. The molecule has 0 heterocycles. The molecule has 21 heavy (non-hydrogen) atoms. The summed E-state index contributed by atoms with van der Waals surface area (Å²) in [4.78, 5) is 34.1. The summed E-state index contributed by atoms with van der Waals surface area (Å²) in [5.41, 5.74) is -2.50. The molecule has 0 aromatic rings. The Balaban J connectivity index is 4.51. The second-order valence-electron chi connectivity index (χ2n) is 5.34. The molecule has 0 amide bonds. The van der Waals surface area contributed by atoms with Gasteiger partial charge in [0.1, 0.15) is 0 Å². The molecule has 0 spiro atoms. The number of aliphatic carboxylic acids is 1. The summed E-state index contributed by atoms with van der Waals surface area (Å²) in [6, 6.07) is 0. The molecule has 0 radical (unpaired) electrons. The van der Waals surface area contributed by atoms with E-state index in [1.165, 1.54) is 0 Å². The van der Waals surface area contributed by atoms with E-state index in [0.717, 1.165) is 6.42 Å². The molecule has 0 bridgehead atoms. The number of carbonyl (C=O) groups excluding carboxylic acids is 2. The largest absolute Gasteiger partial charge is 0.479 e. The number of ether oxygens (including phenoxy) is 2. The molecule has 7 heteroatoms. The van der Waals surface area contributed by atoms with Crippen LogP contribution in [0.5, 0.6) is 0 Å². The molecule has 0 aromatic heterocycles. The van der Waals surface area contributed by atoms with Crippen LogP contribution in [0, 0.1) is 5.92 Å². The number of carboxylic acids is 1. The number of rotatable bonds is 10. The van der Waals surface area contributed by atoms with Gasteiger partial charge in [0, 0.05) is 0 Å². The predicted molar refractivity (Wildman–Crippen MR) is 73.5 cm³/mol. The number of unbranched alkanes of at least 4 members (excludes halogenated alkanes) is 1. The Kier molecular flexibility index (Phi) is 8.61. The van der Waals surface area contributed by atoms with Crippen molar-refractivity contribution >= 4 is 17.9 Å². The van der Waals surface area contributed by atoms with Crippen LogP contribution in [0.4, 0.5) is 0 Å². The highest BCUT2D eigenvalue weighted by Crippen LogP contribution is 2.18. The lowest BCUT2D eigenvalue weighted by Gasteiger charge is -2.21. The maximum Gasteiger partial charge on any atom is 0.336 e. The first-order chi connectivity index (χ1) is 9.71. The average molecular weight is 304 g/mol. The quantitative estimate of drug-likeness (QED) is 0.459. The van der Waals surface area contributed by atoms with Crippen molar-refractivity contribution in [3.63, 3.8) is 0 Å². The molecule has 1 atom stereocenters. The Morgan fingerprint density at radius 1 is 1.10 bits per heavy atom. The molecule has 0 aliphatic heterocycles. The molecule has 0 saturated carbocycles. The monoisotopic (exact) mass is 304 g/mol. The molecule has 122 valence electrons. The third kappa shape index (κ3) is 8.29. The van der Waals surface area contributed by atoms with E-state index in [2.05, 4.69) is 0 Å². The van der Waals surface area contributed by atoms with Crippen LogP contribution in [0.15, 0.2) is 0 Å². The number of esters is 2. The van der Waals surface area contributed by atoms with Crippen molar-refractivity contribution < 1.29 is 34.1 Å². The van der Waals surface area contributed by atoms with Crippen LogP contribution in [0.1, 0.15) is 46.5 Å². The second-order valence-corrected chi connectivity index (χ2v) is 5.34. The lowest BCUT2D eigenvalue weighted by molar-refractivity contribution is -0.173. The van der Waals surface area contributed by atoms with E-state index in [-0.39, 0.29) is 19.1 Å². The summed E-state index contributed by atoms with van der Waals surface area (Å²) < 4.78 is 9.61. The molecule has 0 aliphatic rings. The molecule has 0 rings (SSSR count). The highest BCUT2D eigenvalue weighted by atomic mass is 16.5. The van der Waals surface area contributed by atoms with Gasteiger partial charge in [-0.05, 0) is 12.3 Å². The van der Waals surface area contributed by atoms with Gasteiger partial charge in [0.2, 0.25) is 0 Å². The molecule has 0 fully saturated rings. The van der Waals surface area contributed by atoms with E-state index in [1.54, 1.807) is 0 Å². The van der Waals surface area contributed by atoms with E-state index < -0.39 is 36.4 Å². The van der Waals surface area contributed by atoms with Crippen molar-refractivity contribution in [3.8, 4) is 0 Å². The first-order valence-corrected chi connectivity index (χ1v) is 6.98. The van der Waals surface area contributed by atoms with E-state index in [1.807, 2.05) is 20.8 Å². The van der Waals surface area contributed by atoms with Crippen molar-refractivity contribution in [3.05, 3.63) is 0 Å². The standard InChI is InChI=1S/C14H24O7/c1-4-5-6-20-11(15)7-14(19,13(17)18)8-12(16)21-9-10(2)3/h10,19H,4-9H2,1-3H3,(H,17,18). The van der Waals surface area contributed by atoms with Crippen LogP contribution in [0.25, 0.3) is 0 Å². The molecule has 1 unspecified atom stereocenters. The molecule has 0 saturated heterocycles. The second kappa shape index (κ2) is 9.33. The van der Waals surface area contributed by atoms with Crippen molar-refractivity contribution in [2.24, 2.45) is 5.92 Å². The summed E-state index contributed by atoms with van der Waals surface area (Å²) in [5.74, 6) is -3.29. The number of carbonyl (C=O) groups is 3. The van der Waals surface area contributed by atoms with Crippen LogP contribution >= 0.6 is 0 Å². The first-order valence-electron chi connectivity index (χ1n) is 6.98. The molecule has 0 aliphatic carbocycles. The number of carboxylic acid groups (broad SMARTS) is 1. The van der Waals surface area contributed by atoms with E-state index in [4.69, 9.17) is 14.6 Å². The van der Waals surface area contributed by atoms with E-state index in [0.29, 0.717) is 6.42 Å². The smallest absolute Gasteiger partial charge is 0.336 e. The molecular formula is C14H24O7. The van der Waals surface area contributed by atoms with Gasteiger partial charge in [0.25, 0.3) is 0 Å². The molecule has 7 nitrogen and oxygen atoms in total. The summed E-state index contributed by atoms with van der Waals surface area (Å²) in [7, 11) is 0. The van der Waals surface area contributed by atoms with E-state index >= 15 is 0 Å². The highest BCUT2D eigenvalue weighted by Gasteiger charge is 2.42. The summed E-state index contributed by atoms with van der Waals surface area (Å²) in [6.45, 7) is 5.83. The van der Waals surface area contributed by atoms with Crippen LogP contribution < -0.4 is 0 Å². The van der Waals surface area contributed by atoms with Crippen molar-refractivity contribution in [1.82, 2.24) is 0 Å². The van der Waals surface area contributed by atoms with Gasteiger partial charge >= 0.3 is 17.9 Å². The van der Waals surface area contributed by atoms with Gasteiger partial charge in [-0.2, -0.15) is 0 Å². The summed E-state index contributed by atoms with van der Waals surface area (Å²) >= 11 is 0. The van der Waals surface area contributed by atoms with Gasteiger partial charge < -0.3 is 19.7 Å². The molecular weight excluding hydrogens is 280 g/mol. The first kappa shape index (κ1) is 19.4. The fourth-order valence-electron chi connectivity index (χ4n) is 1.38. The van der Waals surface area contributed by atoms with Gasteiger partial charge in [-0.15, -0.1) is 0 Å². The Labute approximate surface area is 124 Å². The van der Waals surface area contributed by atoms with Crippen LogP contribution in [0.3, 0.4) is 0 Å². The SMILES string of the molecule is CCCCOC(=O)CC(O)(CC(=O)OCC(C)C)C(=O)O. The maximum absolute atomic E-state index is 11.5. The minimum Gasteiger partial charge on any atom is -0.479 e. The molecule has 0 aromatic carbocycles. The lowest BCUT2D eigenvalue weighted by Crippen LogP contribution is -2.43. The Bertz CT molecular complexity index is 364. The third-order valence-corrected chi connectivity index (χ3v) is 2.61. The summed E-state index contributed by atoms with van der Waals surface area (Å²) in [5, 5.41) is 19.0. The Hall–Kier alpha value is -1.63. The highest BCUT2D eigenvalue weighted by molar-refractivity contribution is 5.88. The third-order valence-electron chi connectivity index (χ3n) is 2.61. The average Bonchev–Trinajstić information content (AvgIpc) is 2.36. The number of hydrogen-bond donors (Lipinski definition) is 2. The van der Waals surface area contributed by atoms with E-state index in [9.17, 15) is 19.5 Å². The number of hydrogen-bond acceptors (Lipinski definition) is 6. The fourth-order valence-corrected chi connectivity index (χ4v) is 1.38. The Morgan fingerprint density at radius 3 is 2.05 bits per heavy atom. The maximum atomic E-state index is 11.5. The fraction of sp³-hybridized carbons (Fsp3) is 0.786. The topological polar surface area (TPSA) is 110 Å². The zero-order chi connectivity index (χ0) is 16.5. The van der Waals surface area contributed by atoms with Gasteiger partial charge in [-0.1, -0.05) is 27.2 Å². The van der Waals surface area contributed by atoms with Gasteiger partial charge in [0.15, 0.2) is 5.60 Å². The summed E-state index contributed by atoms with van der Waals surface area (Å²) in [6.07, 6.45) is -0.119.